The van der Waals surface area contributed by atoms with E-state index in [1.165, 1.54) is 26.2 Å². The van der Waals surface area contributed by atoms with Gasteiger partial charge in [-0.2, -0.15) is 0 Å². The van der Waals surface area contributed by atoms with Crippen LogP contribution in [0, 0.1) is 0 Å². The topological polar surface area (TPSA) is 78.5 Å². The van der Waals surface area contributed by atoms with E-state index in [4.69, 9.17) is 16.3 Å². The van der Waals surface area contributed by atoms with Crippen molar-refractivity contribution in [2.24, 2.45) is 0 Å². The van der Waals surface area contributed by atoms with Crippen LogP contribution in [-0.4, -0.2) is 21.8 Å². The van der Waals surface area contributed by atoms with E-state index in [-0.39, 0.29) is 51.1 Å². The molecule has 0 aliphatic heterocycles. The predicted molar refractivity (Wildman–Crippen MR) is 59.5 cm³/mol. The van der Waals surface area contributed by atoms with Crippen molar-refractivity contribution in [3.05, 3.63) is 17.2 Å². The van der Waals surface area contributed by atoms with Gasteiger partial charge in [0.25, 0.3) is 0 Å². The summed E-state index contributed by atoms with van der Waals surface area (Å²) in [4.78, 5) is 10.8. The molecule has 0 heterocycles. The largest absolute Gasteiger partial charge is 1.00 e. The minimum absolute atomic E-state index is 0. The van der Waals surface area contributed by atoms with E-state index >= 15 is 0 Å². The Bertz CT molecular complexity index is 455. The number of halogens is 1. The molecule has 1 atom stereocenters. The van der Waals surface area contributed by atoms with Crippen molar-refractivity contribution < 1.29 is 47.9 Å². The average molecular weight is 286 g/mol. The van der Waals surface area contributed by atoms with Crippen molar-refractivity contribution in [3.63, 3.8) is 0 Å². The molecule has 1 amide bonds. The van der Waals surface area contributed by atoms with Gasteiger partial charge in [0, 0.05) is 13.0 Å². The third kappa shape index (κ3) is 4.57. The Balaban J connectivity index is 0.00000256. The summed E-state index contributed by atoms with van der Waals surface area (Å²) in [5.74, 6) is -0.179. The number of hydrogen-bond donors (Lipinski definition) is 1. The van der Waals surface area contributed by atoms with Gasteiger partial charge in [0.2, 0.25) is 5.91 Å². The number of benzene rings is 1. The minimum Gasteiger partial charge on any atom is -0.768 e. The fourth-order valence-corrected chi connectivity index (χ4v) is 1.91. The quantitative estimate of drug-likeness (QED) is 0.544. The second-order valence-corrected chi connectivity index (χ2v) is 4.22. The molecule has 0 bridgehead atoms. The summed E-state index contributed by atoms with van der Waals surface area (Å²) >= 11 is 3.36. The number of anilines is 1. The molecule has 0 saturated carbocycles. The van der Waals surface area contributed by atoms with Gasteiger partial charge in [0.05, 0.1) is 22.7 Å². The number of ether oxygens (including phenoxy) is 1. The standard InChI is InChI=1S/C9H10ClNO4S.Na/c1-5(12)11-7-4-8(15-2)9(16(13)14)3-6(7)10;/h3-4H,1-2H3,(H,11,12)(H,13,14);/q;+1/p-1. The van der Waals surface area contributed by atoms with Gasteiger partial charge in [-0.25, -0.2) is 0 Å². The molecule has 1 rings (SSSR count). The zero-order valence-corrected chi connectivity index (χ0v) is 13.1. The van der Waals surface area contributed by atoms with Crippen LogP contribution in [0.1, 0.15) is 6.92 Å². The average Bonchev–Trinajstić information content (AvgIpc) is 2.19. The van der Waals surface area contributed by atoms with E-state index in [0.717, 1.165) is 0 Å². The summed E-state index contributed by atoms with van der Waals surface area (Å²) in [5, 5.41) is 2.60. The van der Waals surface area contributed by atoms with Crippen molar-refractivity contribution >= 4 is 34.3 Å². The molecule has 1 N–H and O–H groups in total. The van der Waals surface area contributed by atoms with Crippen LogP contribution in [0.4, 0.5) is 5.69 Å². The molecule has 0 saturated heterocycles. The van der Waals surface area contributed by atoms with Crippen LogP contribution in [-0.2, 0) is 15.9 Å². The maximum Gasteiger partial charge on any atom is 1.00 e. The monoisotopic (exact) mass is 285 g/mol. The number of rotatable bonds is 3. The van der Waals surface area contributed by atoms with Crippen LogP contribution in [0.15, 0.2) is 17.0 Å². The smallest absolute Gasteiger partial charge is 0.768 e. The fourth-order valence-electron chi connectivity index (χ4n) is 1.11. The molecule has 8 heteroatoms. The third-order valence-corrected chi connectivity index (χ3v) is 2.73. The molecule has 1 aromatic rings. The van der Waals surface area contributed by atoms with Gasteiger partial charge in [0.15, 0.2) is 0 Å². The summed E-state index contributed by atoms with van der Waals surface area (Å²) in [6, 6.07) is 2.57. The Labute approximate surface area is 128 Å². The fraction of sp³-hybridized carbons (Fsp3) is 0.222. The molecule has 1 aromatic carbocycles. The number of hydrogen-bond acceptors (Lipinski definition) is 4. The van der Waals surface area contributed by atoms with E-state index < -0.39 is 11.1 Å². The Morgan fingerprint density at radius 3 is 2.53 bits per heavy atom. The first kappa shape index (κ1) is 16.9. The second kappa shape index (κ2) is 7.35. The molecular formula is C9H9ClNNaO4S. The van der Waals surface area contributed by atoms with Gasteiger partial charge >= 0.3 is 29.6 Å². The predicted octanol–water partition coefficient (Wildman–Crippen LogP) is -1.45. The minimum atomic E-state index is -2.44. The van der Waals surface area contributed by atoms with Crippen molar-refractivity contribution in [2.75, 3.05) is 12.4 Å². The molecule has 0 radical (unpaired) electrons. The molecule has 0 aromatic heterocycles. The molecular weight excluding hydrogens is 277 g/mol. The Morgan fingerprint density at radius 1 is 1.53 bits per heavy atom. The van der Waals surface area contributed by atoms with E-state index in [0.29, 0.717) is 5.69 Å². The maximum atomic E-state index is 10.9. The van der Waals surface area contributed by atoms with Crippen molar-refractivity contribution in [1.82, 2.24) is 0 Å². The SMILES string of the molecule is COc1cc(NC(C)=O)c(Cl)cc1S(=O)[O-].[Na+]. The Morgan fingerprint density at radius 2 is 2.12 bits per heavy atom. The molecule has 0 spiro atoms. The molecule has 1 unspecified atom stereocenters. The zero-order valence-electron chi connectivity index (χ0n) is 9.57. The van der Waals surface area contributed by atoms with E-state index in [1.54, 1.807) is 0 Å². The molecule has 5 nitrogen and oxygen atoms in total. The maximum absolute atomic E-state index is 10.9. The Kier molecular flexibility index (Phi) is 7.30. The van der Waals surface area contributed by atoms with Gasteiger partial charge < -0.3 is 14.6 Å². The summed E-state index contributed by atoms with van der Waals surface area (Å²) < 4.78 is 26.6. The van der Waals surface area contributed by atoms with Gasteiger partial charge in [-0.1, -0.05) is 11.6 Å². The summed E-state index contributed by atoms with van der Waals surface area (Å²) in [5.41, 5.74) is 0.306. The normalized spacial score (nSPS) is 11.3. The Hall–Kier alpha value is -0.110. The summed E-state index contributed by atoms with van der Waals surface area (Å²) in [6.07, 6.45) is 0. The number of nitrogens with one attached hydrogen (secondary N) is 1. The number of methoxy groups -OCH3 is 1. The number of amides is 1. The van der Waals surface area contributed by atoms with Crippen molar-refractivity contribution in [3.8, 4) is 5.75 Å². The van der Waals surface area contributed by atoms with Gasteiger partial charge in [-0.15, -0.1) is 0 Å². The first-order chi connectivity index (χ1) is 7.45. The molecule has 17 heavy (non-hydrogen) atoms. The van der Waals surface area contributed by atoms with Crippen molar-refractivity contribution in [2.45, 2.75) is 11.8 Å². The zero-order chi connectivity index (χ0) is 12.3. The second-order valence-electron chi connectivity index (χ2n) is 2.90. The summed E-state index contributed by atoms with van der Waals surface area (Å²) in [6.45, 7) is 1.32. The number of carbonyl (C=O) groups is 1. The third-order valence-electron chi connectivity index (χ3n) is 1.74. The molecule has 0 fully saturated rings. The molecule has 88 valence electrons. The van der Waals surface area contributed by atoms with Crippen LogP contribution in [0.5, 0.6) is 5.75 Å². The number of carbonyl (C=O) groups excluding carboxylic acids is 1. The first-order valence-corrected chi connectivity index (χ1v) is 5.65. The van der Waals surface area contributed by atoms with Gasteiger partial charge in [0.1, 0.15) is 5.75 Å². The van der Waals surface area contributed by atoms with Crippen LogP contribution >= 0.6 is 11.6 Å². The molecule has 0 aliphatic rings. The first-order valence-electron chi connectivity index (χ1n) is 4.20. The van der Waals surface area contributed by atoms with Crippen LogP contribution in [0.2, 0.25) is 5.02 Å². The van der Waals surface area contributed by atoms with Crippen LogP contribution in [0.3, 0.4) is 0 Å². The molecule has 0 aliphatic carbocycles. The summed E-state index contributed by atoms with van der Waals surface area (Å²) in [7, 11) is 1.33. The van der Waals surface area contributed by atoms with Crippen LogP contribution < -0.4 is 39.6 Å². The van der Waals surface area contributed by atoms with Gasteiger partial charge in [-0.3, -0.25) is 9.00 Å². The van der Waals surface area contributed by atoms with E-state index in [9.17, 15) is 13.6 Å². The van der Waals surface area contributed by atoms with Crippen LogP contribution in [0.25, 0.3) is 0 Å². The van der Waals surface area contributed by atoms with E-state index in [2.05, 4.69) is 5.32 Å². The van der Waals surface area contributed by atoms with E-state index in [1.807, 2.05) is 0 Å². The van der Waals surface area contributed by atoms with Gasteiger partial charge in [-0.05, 0) is 17.1 Å². The van der Waals surface area contributed by atoms with Crippen molar-refractivity contribution in [1.29, 1.82) is 0 Å².